The van der Waals surface area contributed by atoms with Crippen LogP contribution >= 0.6 is 0 Å². The van der Waals surface area contributed by atoms with Crippen LogP contribution in [0.25, 0.3) is 0 Å². The number of nitrogens with one attached hydrogen (secondary N) is 1. The number of imide groups is 1. The molecule has 0 aliphatic carbocycles. The maximum Gasteiger partial charge on any atom is 0.325 e. The Hall–Kier alpha value is -1.18. The van der Waals surface area contributed by atoms with Crippen LogP contribution in [0.1, 0.15) is 54.4 Å². The Morgan fingerprint density at radius 3 is 1.88 bits per heavy atom. The van der Waals surface area contributed by atoms with Gasteiger partial charge in [-0.05, 0) is 54.4 Å². The zero-order valence-corrected chi connectivity index (χ0v) is 15.6. The number of hydrogen-bond acceptors (Lipinski definition) is 5. The number of β-amino-alcohol motifs (C(OH)–C–C–N with tert-alkyl or cyclic N) is 2. The number of carbonyl (C=O) groups excluding carboxylic acids is 2. The molecule has 2 heterocycles. The summed E-state index contributed by atoms with van der Waals surface area (Å²) in [6, 6.07) is -0.434. The zero-order valence-electron chi connectivity index (χ0n) is 15.6. The first kappa shape index (κ1) is 19.1. The summed E-state index contributed by atoms with van der Waals surface area (Å²) in [7, 11) is 0. The lowest BCUT2D eigenvalue weighted by Gasteiger charge is -2.58. The van der Waals surface area contributed by atoms with E-state index in [2.05, 4.69) is 10.2 Å². The fourth-order valence-electron chi connectivity index (χ4n) is 4.65. The fraction of sp³-hybridized carbons (Fsp3) is 0.882. The molecule has 0 radical (unpaired) electrons. The predicted octanol–water partition coefficient (Wildman–Crippen LogP) is 0.692. The second-order valence-corrected chi connectivity index (χ2v) is 8.72. The molecule has 0 aromatic rings. The van der Waals surface area contributed by atoms with E-state index >= 15 is 0 Å². The molecule has 1 spiro atoms. The molecule has 24 heavy (non-hydrogen) atoms. The summed E-state index contributed by atoms with van der Waals surface area (Å²) in [6.07, 6.45) is -0.293. The van der Waals surface area contributed by atoms with Gasteiger partial charge in [0, 0.05) is 17.6 Å². The summed E-state index contributed by atoms with van der Waals surface area (Å²) in [6.45, 7) is 12.0. The molecule has 2 rings (SSSR count). The van der Waals surface area contributed by atoms with Gasteiger partial charge in [-0.25, -0.2) is 4.79 Å². The van der Waals surface area contributed by atoms with Crippen molar-refractivity contribution in [3.05, 3.63) is 0 Å². The van der Waals surface area contributed by atoms with Crippen molar-refractivity contribution < 1.29 is 19.8 Å². The molecule has 2 aliphatic heterocycles. The highest BCUT2D eigenvalue weighted by Crippen LogP contribution is 2.45. The fourth-order valence-corrected chi connectivity index (χ4v) is 4.65. The number of aliphatic hydroxyl groups is 2. The van der Waals surface area contributed by atoms with Crippen LogP contribution < -0.4 is 5.32 Å². The van der Waals surface area contributed by atoms with Crippen LogP contribution in [0.15, 0.2) is 0 Å². The third-order valence-corrected chi connectivity index (χ3v) is 5.07. The molecular formula is C17H31N3O4. The number of likely N-dealkylation sites (tertiary alicyclic amines) is 1. The number of carbonyl (C=O) groups is 2. The van der Waals surface area contributed by atoms with Gasteiger partial charge in [-0.1, -0.05) is 0 Å². The van der Waals surface area contributed by atoms with Crippen LogP contribution in [0.4, 0.5) is 4.79 Å². The molecule has 2 aliphatic rings. The van der Waals surface area contributed by atoms with Crippen molar-refractivity contribution in [2.24, 2.45) is 0 Å². The maximum atomic E-state index is 13.0. The lowest BCUT2D eigenvalue weighted by atomic mass is 9.68. The number of aliphatic hydroxyl groups excluding tert-OH is 2. The Kier molecular flexibility index (Phi) is 4.76. The Bertz CT molecular complexity index is 510. The van der Waals surface area contributed by atoms with E-state index in [1.54, 1.807) is 13.8 Å². The third-order valence-electron chi connectivity index (χ3n) is 5.07. The zero-order chi connectivity index (χ0) is 18.5. The first-order valence-corrected chi connectivity index (χ1v) is 8.59. The van der Waals surface area contributed by atoms with Crippen molar-refractivity contribution in [3.8, 4) is 0 Å². The average Bonchev–Trinajstić information content (AvgIpc) is 2.57. The second-order valence-electron chi connectivity index (χ2n) is 8.72. The normalized spacial score (nSPS) is 28.1. The van der Waals surface area contributed by atoms with Crippen molar-refractivity contribution in [1.82, 2.24) is 15.1 Å². The molecule has 2 saturated heterocycles. The quantitative estimate of drug-likeness (QED) is 0.654. The summed E-state index contributed by atoms with van der Waals surface area (Å²) < 4.78 is 0. The Labute approximate surface area is 144 Å². The molecule has 2 fully saturated rings. The van der Waals surface area contributed by atoms with E-state index in [-0.39, 0.29) is 23.5 Å². The number of hydrogen-bond donors (Lipinski definition) is 3. The van der Waals surface area contributed by atoms with Crippen LogP contribution in [0, 0.1) is 0 Å². The minimum absolute atomic E-state index is 0.00463. The van der Waals surface area contributed by atoms with Gasteiger partial charge in [0.15, 0.2) is 0 Å². The van der Waals surface area contributed by atoms with Gasteiger partial charge in [-0.3, -0.25) is 14.6 Å². The van der Waals surface area contributed by atoms with Crippen LogP contribution in [0.2, 0.25) is 0 Å². The van der Waals surface area contributed by atoms with E-state index in [1.165, 1.54) is 0 Å². The monoisotopic (exact) mass is 341 g/mol. The van der Waals surface area contributed by atoms with E-state index in [9.17, 15) is 19.8 Å². The van der Waals surface area contributed by atoms with Gasteiger partial charge in [0.25, 0.3) is 5.91 Å². The van der Waals surface area contributed by atoms with E-state index < -0.39 is 23.8 Å². The first-order chi connectivity index (χ1) is 10.8. The predicted molar refractivity (Wildman–Crippen MR) is 90.4 cm³/mol. The van der Waals surface area contributed by atoms with E-state index in [4.69, 9.17) is 0 Å². The Morgan fingerprint density at radius 2 is 1.46 bits per heavy atom. The third kappa shape index (κ3) is 3.30. The molecule has 7 heteroatoms. The summed E-state index contributed by atoms with van der Waals surface area (Å²) in [5, 5.41) is 22.3. The largest absolute Gasteiger partial charge is 0.392 e. The minimum Gasteiger partial charge on any atom is -0.392 e. The molecule has 0 aromatic heterocycles. The first-order valence-electron chi connectivity index (χ1n) is 8.59. The van der Waals surface area contributed by atoms with Crippen LogP contribution in [-0.4, -0.2) is 73.9 Å². The lowest BCUT2D eigenvalue weighted by molar-refractivity contribution is -0.143. The number of nitrogens with zero attached hydrogens (tertiary/aromatic N) is 2. The molecule has 0 aromatic carbocycles. The molecule has 138 valence electrons. The van der Waals surface area contributed by atoms with Gasteiger partial charge in [0.05, 0.1) is 18.8 Å². The van der Waals surface area contributed by atoms with Gasteiger partial charge in [-0.2, -0.15) is 0 Å². The molecule has 3 N–H and O–H groups in total. The summed E-state index contributed by atoms with van der Waals surface area (Å²) in [5.41, 5.74) is -1.70. The van der Waals surface area contributed by atoms with Gasteiger partial charge in [0.1, 0.15) is 5.54 Å². The number of amides is 3. The molecule has 3 amide bonds. The minimum atomic E-state index is -0.950. The smallest absolute Gasteiger partial charge is 0.325 e. The Morgan fingerprint density at radius 1 is 1.00 bits per heavy atom. The average molecular weight is 341 g/mol. The van der Waals surface area contributed by atoms with Crippen LogP contribution in [0.3, 0.4) is 0 Å². The number of piperidine rings is 1. The molecular weight excluding hydrogens is 310 g/mol. The molecule has 7 nitrogen and oxygen atoms in total. The summed E-state index contributed by atoms with van der Waals surface area (Å²) in [5.74, 6) is -0.258. The number of urea groups is 1. The highest BCUT2D eigenvalue weighted by molar-refractivity contribution is 6.07. The summed E-state index contributed by atoms with van der Waals surface area (Å²) in [4.78, 5) is 28.6. The van der Waals surface area contributed by atoms with E-state index in [1.807, 2.05) is 27.7 Å². The van der Waals surface area contributed by atoms with Crippen molar-refractivity contribution in [3.63, 3.8) is 0 Å². The molecule has 0 saturated carbocycles. The SMILES string of the molecule is CC(O)CN1C(=O)NC2(CC(C)(C)N(CC(C)O)C(C)(C)C2)C1=O. The molecule has 0 bridgehead atoms. The highest BCUT2D eigenvalue weighted by Gasteiger charge is 2.61. The topological polar surface area (TPSA) is 93.1 Å². The van der Waals surface area contributed by atoms with Crippen LogP contribution in [-0.2, 0) is 4.79 Å². The van der Waals surface area contributed by atoms with Crippen molar-refractivity contribution >= 4 is 11.9 Å². The van der Waals surface area contributed by atoms with Gasteiger partial charge in [-0.15, -0.1) is 0 Å². The van der Waals surface area contributed by atoms with Crippen molar-refractivity contribution in [1.29, 1.82) is 0 Å². The summed E-state index contributed by atoms with van der Waals surface area (Å²) >= 11 is 0. The van der Waals surface area contributed by atoms with E-state index in [0.29, 0.717) is 19.4 Å². The van der Waals surface area contributed by atoms with Crippen molar-refractivity contribution in [2.45, 2.75) is 83.2 Å². The van der Waals surface area contributed by atoms with Gasteiger partial charge < -0.3 is 15.5 Å². The maximum absolute atomic E-state index is 13.0. The van der Waals surface area contributed by atoms with Gasteiger partial charge >= 0.3 is 6.03 Å². The Balaban J connectivity index is 2.34. The molecule has 2 atom stereocenters. The van der Waals surface area contributed by atoms with Gasteiger partial charge in [0.2, 0.25) is 0 Å². The van der Waals surface area contributed by atoms with Crippen LogP contribution in [0.5, 0.6) is 0 Å². The lowest BCUT2D eigenvalue weighted by Crippen LogP contribution is -2.70. The standard InChI is InChI=1S/C17H31N3O4/c1-11(21)7-19-13(23)17(18-14(19)24)9-15(3,4)20(8-12(2)22)16(5,6)10-17/h11-12,21-22H,7-10H2,1-6H3,(H,18,24). The molecule has 2 unspecified atom stereocenters. The number of rotatable bonds is 4. The second kappa shape index (κ2) is 5.97. The highest BCUT2D eigenvalue weighted by atomic mass is 16.3. The van der Waals surface area contributed by atoms with E-state index in [0.717, 1.165) is 4.90 Å². The van der Waals surface area contributed by atoms with Crippen molar-refractivity contribution in [2.75, 3.05) is 13.1 Å².